The Hall–Kier alpha value is -3.42. The topological polar surface area (TPSA) is 124 Å². The molecule has 0 bridgehead atoms. The van der Waals surface area contributed by atoms with Gasteiger partial charge in [0.2, 0.25) is 15.8 Å². The maximum atomic E-state index is 13.0. The number of aromatic nitrogens is 1. The molecular weight excluding hydrogens is 496 g/mol. The van der Waals surface area contributed by atoms with Gasteiger partial charge in [0.1, 0.15) is 0 Å². The minimum Gasteiger partial charge on any atom is -0.493 e. The van der Waals surface area contributed by atoms with Crippen molar-refractivity contribution in [1.29, 1.82) is 0 Å². The Morgan fingerprint density at radius 2 is 1.66 bits per heavy atom. The Morgan fingerprint density at radius 3 is 2.23 bits per heavy atom. The van der Waals surface area contributed by atoms with Crippen LogP contribution in [0.25, 0.3) is 11.3 Å². The van der Waals surface area contributed by atoms with Crippen LogP contribution in [-0.2, 0) is 10.0 Å². The van der Waals surface area contributed by atoms with E-state index in [0.717, 1.165) is 22.5 Å². The number of sulfonamides is 1. The number of piperazine rings is 1. The molecule has 1 aliphatic heterocycles. The fourth-order valence-electron chi connectivity index (χ4n) is 3.80. The molecule has 0 N–H and O–H groups in total. The molecule has 35 heavy (non-hydrogen) atoms. The molecule has 1 saturated heterocycles. The molecule has 0 radical (unpaired) electrons. The average Bonchev–Trinajstić information content (AvgIpc) is 3.38. The molecule has 1 aromatic heterocycles. The zero-order valence-electron chi connectivity index (χ0n) is 19.3. The third kappa shape index (κ3) is 4.88. The third-order valence-electron chi connectivity index (χ3n) is 5.63. The van der Waals surface area contributed by atoms with E-state index in [1.54, 1.807) is 21.3 Å². The van der Waals surface area contributed by atoms with E-state index in [4.69, 9.17) is 19.2 Å². The number of benzene rings is 2. The second-order valence-electron chi connectivity index (χ2n) is 7.57. The smallest absolute Gasteiger partial charge is 0.270 e. The van der Waals surface area contributed by atoms with Gasteiger partial charge in [-0.1, -0.05) is 6.07 Å². The first-order valence-electron chi connectivity index (χ1n) is 10.5. The molecule has 13 heteroatoms. The highest BCUT2D eigenvalue weighted by molar-refractivity contribution is 7.89. The van der Waals surface area contributed by atoms with Gasteiger partial charge < -0.3 is 19.1 Å². The number of ether oxygens (including phenoxy) is 3. The van der Waals surface area contributed by atoms with Crippen LogP contribution >= 0.6 is 11.3 Å². The van der Waals surface area contributed by atoms with E-state index in [1.165, 1.54) is 33.8 Å². The maximum Gasteiger partial charge on any atom is 0.270 e. The van der Waals surface area contributed by atoms with Gasteiger partial charge in [0.15, 0.2) is 16.6 Å². The fourth-order valence-corrected chi connectivity index (χ4v) is 6.15. The summed E-state index contributed by atoms with van der Waals surface area (Å²) >= 11 is 1.46. The molecule has 3 aromatic rings. The molecule has 0 saturated carbocycles. The first-order valence-corrected chi connectivity index (χ1v) is 12.9. The summed E-state index contributed by atoms with van der Waals surface area (Å²) in [4.78, 5) is 17.1. The Kier molecular flexibility index (Phi) is 7.10. The molecule has 0 amide bonds. The van der Waals surface area contributed by atoms with E-state index in [2.05, 4.69) is 0 Å². The minimum absolute atomic E-state index is 0.0842. The summed E-state index contributed by atoms with van der Waals surface area (Å²) in [5.41, 5.74) is 1.27. The minimum atomic E-state index is -3.84. The van der Waals surface area contributed by atoms with Crippen molar-refractivity contribution in [3.05, 3.63) is 51.9 Å². The van der Waals surface area contributed by atoms with Gasteiger partial charge in [-0.05, 0) is 18.2 Å². The fraction of sp³-hybridized carbons (Fsp3) is 0.318. The molecule has 0 spiro atoms. The van der Waals surface area contributed by atoms with Gasteiger partial charge in [-0.15, -0.1) is 11.3 Å². The number of hydrogen-bond acceptors (Lipinski definition) is 10. The molecule has 4 rings (SSSR count). The zero-order chi connectivity index (χ0) is 25.2. The molecule has 2 heterocycles. The van der Waals surface area contributed by atoms with Gasteiger partial charge in [-0.2, -0.15) is 4.31 Å². The lowest BCUT2D eigenvalue weighted by atomic mass is 10.1. The van der Waals surface area contributed by atoms with Gasteiger partial charge in [-0.25, -0.2) is 13.4 Å². The largest absolute Gasteiger partial charge is 0.493 e. The highest BCUT2D eigenvalue weighted by Crippen LogP contribution is 2.42. The number of nitro groups is 1. The molecule has 186 valence electrons. The quantitative estimate of drug-likeness (QED) is 0.325. The Labute approximate surface area is 206 Å². The first-order chi connectivity index (χ1) is 16.8. The molecule has 0 atom stereocenters. The maximum absolute atomic E-state index is 13.0. The lowest BCUT2D eigenvalue weighted by molar-refractivity contribution is -0.385. The van der Waals surface area contributed by atoms with E-state index in [9.17, 15) is 18.5 Å². The van der Waals surface area contributed by atoms with Crippen molar-refractivity contribution in [3.63, 3.8) is 0 Å². The number of methoxy groups -OCH3 is 3. The summed E-state index contributed by atoms with van der Waals surface area (Å²) in [6.07, 6.45) is 0. The van der Waals surface area contributed by atoms with Crippen LogP contribution in [-0.4, -0.2) is 70.1 Å². The Morgan fingerprint density at radius 1 is 1.00 bits per heavy atom. The SMILES string of the molecule is COc1cc(-c2csc(N3CCN(S(=O)(=O)c4cccc([N+](=O)[O-])c4)CC3)n2)cc(OC)c1OC. The molecule has 11 nitrogen and oxygen atoms in total. The van der Waals surface area contributed by atoms with Crippen LogP contribution in [0.1, 0.15) is 0 Å². The highest BCUT2D eigenvalue weighted by Gasteiger charge is 2.30. The van der Waals surface area contributed by atoms with Gasteiger partial charge in [0, 0.05) is 49.3 Å². The number of anilines is 1. The number of nitro benzene ring substituents is 1. The van der Waals surface area contributed by atoms with Crippen molar-refractivity contribution in [2.24, 2.45) is 0 Å². The van der Waals surface area contributed by atoms with Crippen molar-refractivity contribution < 1.29 is 27.6 Å². The summed E-state index contributed by atoms with van der Waals surface area (Å²) in [6.45, 7) is 1.36. The summed E-state index contributed by atoms with van der Waals surface area (Å²) in [5, 5.41) is 13.7. The Bertz CT molecular complexity index is 1310. The highest BCUT2D eigenvalue weighted by atomic mass is 32.2. The molecule has 2 aromatic carbocycles. The first kappa shape index (κ1) is 24.7. The van der Waals surface area contributed by atoms with Crippen LogP contribution in [0.4, 0.5) is 10.8 Å². The number of rotatable bonds is 8. The molecule has 0 unspecified atom stereocenters. The molecular formula is C22H24N4O7S2. The average molecular weight is 521 g/mol. The summed E-state index contributed by atoms with van der Waals surface area (Å²) in [7, 11) is 0.804. The number of hydrogen-bond donors (Lipinski definition) is 0. The van der Waals surface area contributed by atoms with Crippen molar-refractivity contribution in [2.45, 2.75) is 4.90 Å². The van der Waals surface area contributed by atoms with Gasteiger partial charge in [0.25, 0.3) is 5.69 Å². The van der Waals surface area contributed by atoms with E-state index < -0.39 is 14.9 Å². The van der Waals surface area contributed by atoms with Gasteiger partial charge >= 0.3 is 0 Å². The van der Waals surface area contributed by atoms with E-state index in [-0.39, 0.29) is 23.7 Å². The molecule has 1 fully saturated rings. The predicted molar refractivity (Wildman–Crippen MR) is 131 cm³/mol. The summed E-state index contributed by atoms with van der Waals surface area (Å²) < 4.78 is 43.6. The number of non-ortho nitro benzene ring substituents is 1. The Balaban J connectivity index is 1.49. The van der Waals surface area contributed by atoms with Gasteiger partial charge in [-0.3, -0.25) is 10.1 Å². The van der Waals surface area contributed by atoms with Crippen LogP contribution in [0, 0.1) is 10.1 Å². The van der Waals surface area contributed by atoms with Gasteiger partial charge in [0.05, 0.1) is 36.8 Å². The van der Waals surface area contributed by atoms with Crippen LogP contribution in [0.15, 0.2) is 46.7 Å². The van der Waals surface area contributed by atoms with Crippen molar-refractivity contribution >= 4 is 32.2 Å². The van der Waals surface area contributed by atoms with Crippen molar-refractivity contribution in [1.82, 2.24) is 9.29 Å². The second kappa shape index (κ2) is 10.1. The molecule has 1 aliphatic rings. The second-order valence-corrected chi connectivity index (χ2v) is 10.3. The molecule has 0 aliphatic carbocycles. The number of nitrogens with zero attached hydrogens (tertiary/aromatic N) is 4. The number of thiazole rings is 1. The van der Waals surface area contributed by atoms with Crippen LogP contribution in [0.5, 0.6) is 17.2 Å². The lowest BCUT2D eigenvalue weighted by Crippen LogP contribution is -2.48. The van der Waals surface area contributed by atoms with Crippen molar-refractivity contribution in [2.75, 3.05) is 52.4 Å². The normalized spacial score (nSPS) is 14.5. The van der Waals surface area contributed by atoms with E-state index in [0.29, 0.717) is 30.3 Å². The third-order valence-corrected chi connectivity index (χ3v) is 8.42. The summed E-state index contributed by atoms with van der Waals surface area (Å²) in [6, 6.07) is 8.76. The predicted octanol–water partition coefficient (Wildman–Crippen LogP) is 3.26. The van der Waals surface area contributed by atoms with Crippen LogP contribution in [0.3, 0.4) is 0 Å². The van der Waals surface area contributed by atoms with Crippen molar-refractivity contribution in [3.8, 4) is 28.5 Å². The zero-order valence-corrected chi connectivity index (χ0v) is 21.0. The van der Waals surface area contributed by atoms with Crippen LogP contribution < -0.4 is 19.1 Å². The van der Waals surface area contributed by atoms with E-state index in [1.807, 2.05) is 22.4 Å². The monoisotopic (exact) mass is 520 g/mol. The summed E-state index contributed by atoms with van der Waals surface area (Å²) in [5.74, 6) is 1.54. The lowest BCUT2D eigenvalue weighted by Gasteiger charge is -2.33. The standard InChI is InChI=1S/C22H24N4O7S2/c1-31-19-11-15(12-20(32-2)21(19)33-3)18-14-34-22(23-18)24-7-9-25(10-8-24)35(29,30)17-6-4-5-16(13-17)26(27)28/h4-6,11-14H,7-10H2,1-3H3. The van der Waals surface area contributed by atoms with Crippen LogP contribution in [0.2, 0.25) is 0 Å². The van der Waals surface area contributed by atoms with E-state index >= 15 is 0 Å².